The van der Waals surface area contributed by atoms with Crippen LogP contribution in [0.4, 0.5) is 17.5 Å². The molecule has 0 radical (unpaired) electrons. The molecule has 0 aliphatic heterocycles. The molecule has 0 unspecified atom stereocenters. The maximum atomic E-state index is 11.5. The molecule has 8 nitrogen and oxygen atoms in total. The molecule has 1 aromatic carbocycles. The molecule has 9 heteroatoms. The molecule has 3 N–H and O–H groups in total. The summed E-state index contributed by atoms with van der Waals surface area (Å²) >= 11 is 1.48. The summed E-state index contributed by atoms with van der Waals surface area (Å²) in [4.78, 5) is 26.4. The maximum absolute atomic E-state index is 11.5. The second-order valence-electron chi connectivity index (χ2n) is 7.71. The molecule has 5 rings (SSSR count). The van der Waals surface area contributed by atoms with Crippen LogP contribution in [0.3, 0.4) is 0 Å². The van der Waals surface area contributed by atoms with Crippen molar-refractivity contribution >= 4 is 35.1 Å². The van der Waals surface area contributed by atoms with E-state index < -0.39 is 0 Å². The Labute approximate surface area is 178 Å². The SMILES string of the molecule is CCC(=O)Nc1ccc(Sc2nc(Nc3cc(C4CC4)[nH]n3)nc(C3CC3)n2)cc1. The fourth-order valence-corrected chi connectivity index (χ4v) is 3.83. The minimum atomic E-state index is 0.000806. The van der Waals surface area contributed by atoms with Crippen LogP contribution in [0.15, 0.2) is 40.4 Å². The first-order valence-corrected chi connectivity index (χ1v) is 11.1. The number of carbonyl (C=O) groups excluding carboxylic acids is 1. The fraction of sp³-hybridized carbons (Fsp3) is 0.381. The first-order chi connectivity index (χ1) is 14.7. The summed E-state index contributed by atoms with van der Waals surface area (Å²) < 4.78 is 0. The van der Waals surface area contributed by atoms with Crippen molar-refractivity contribution in [3.8, 4) is 0 Å². The van der Waals surface area contributed by atoms with Crippen molar-refractivity contribution < 1.29 is 4.79 Å². The van der Waals surface area contributed by atoms with Crippen LogP contribution in [0, 0.1) is 0 Å². The molecule has 2 saturated carbocycles. The minimum Gasteiger partial charge on any atom is -0.326 e. The number of nitrogens with zero attached hydrogens (tertiary/aromatic N) is 4. The Kier molecular flexibility index (Phi) is 5.12. The van der Waals surface area contributed by atoms with Crippen molar-refractivity contribution in [1.82, 2.24) is 25.1 Å². The molecule has 2 fully saturated rings. The molecule has 2 aromatic heterocycles. The van der Waals surface area contributed by atoms with Crippen LogP contribution in [0.1, 0.15) is 62.4 Å². The smallest absolute Gasteiger partial charge is 0.232 e. The van der Waals surface area contributed by atoms with Gasteiger partial charge in [0.2, 0.25) is 11.9 Å². The van der Waals surface area contributed by atoms with Crippen LogP contribution in [-0.2, 0) is 4.79 Å². The van der Waals surface area contributed by atoms with E-state index in [1.807, 2.05) is 37.3 Å². The second kappa shape index (κ2) is 8.06. The molecule has 0 atom stereocenters. The highest BCUT2D eigenvalue weighted by molar-refractivity contribution is 7.99. The number of aromatic amines is 1. The van der Waals surface area contributed by atoms with E-state index in [0.717, 1.165) is 35.1 Å². The number of anilines is 3. The van der Waals surface area contributed by atoms with Crippen molar-refractivity contribution in [1.29, 1.82) is 0 Å². The van der Waals surface area contributed by atoms with E-state index in [1.54, 1.807) is 0 Å². The number of rotatable bonds is 8. The third-order valence-corrected chi connectivity index (χ3v) is 5.97. The number of H-pyrrole nitrogens is 1. The van der Waals surface area contributed by atoms with Gasteiger partial charge in [-0.05, 0) is 61.7 Å². The van der Waals surface area contributed by atoms with E-state index in [-0.39, 0.29) is 5.91 Å². The lowest BCUT2D eigenvalue weighted by Gasteiger charge is -2.08. The summed E-state index contributed by atoms with van der Waals surface area (Å²) in [6, 6.07) is 9.73. The van der Waals surface area contributed by atoms with Gasteiger partial charge in [0.1, 0.15) is 5.82 Å². The van der Waals surface area contributed by atoms with Gasteiger partial charge in [0.15, 0.2) is 11.0 Å². The Bertz CT molecular complexity index is 1060. The summed E-state index contributed by atoms with van der Waals surface area (Å²) in [5.41, 5.74) is 1.95. The molecule has 0 bridgehead atoms. The van der Waals surface area contributed by atoms with Gasteiger partial charge >= 0.3 is 0 Å². The third-order valence-electron chi connectivity index (χ3n) is 5.10. The van der Waals surface area contributed by atoms with Crippen LogP contribution in [0.25, 0.3) is 0 Å². The van der Waals surface area contributed by atoms with Crippen molar-refractivity contribution in [2.24, 2.45) is 0 Å². The Balaban J connectivity index is 1.33. The van der Waals surface area contributed by atoms with Gasteiger partial charge in [0.05, 0.1) is 0 Å². The highest BCUT2D eigenvalue weighted by atomic mass is 32.2. The Morgan fingerprint density at radius 1 is 1.10 bits per heavy atom. The molecule has 0 saturated heterocycles. The molecule has 2 heterocycles. The van der Waals surface area contributed by atoms with Gasteiger partial charge in [-0.1, -0.05) is 6.92 Å². The van der Waals surface area contributed by atoms with Crippen molar-refractivity contribution in [3.63, 3.8) is 0 Å². The highest BCUT2D eigenvalue weighted by Gasteiger charge is 2.28. The summed E-state index contributed by atoms with van der Waals surface area (Å²) in [6.07, 6.45) is 5.14. The number of hydrogen-bond donors (Lipinski definition) is 3. The zero-order chi connectivity index (χ0) is 20.5. The summed E-state index contributed by atoms with van der Waals surface area (Å²) in [5, 5.41) is 14.2. The molecule has 2 aliphatic rings. The number of carbonyl (C=O) groups is 1. The van der Waals surface area contributed by atoms with E-state index >= 15 is 0 Å². The number of benzene rings is 1. The van der Waals surface area contributed by atoms with Gasteiger partial charge in [0, 0.05) is 40.6 Å². The molecular weight excluding hydrogens is 398 g/mol. The average molecular weight is 422 g/mol. The number of nitrogens with one attached hydrogen (secondary N) is 3. The molecule has 154 valence electrons. The fourth-order valence-electron chi connectivity index (χ4n) is 3.08. The first-order valence-electron chi connectivity index (χ1n) is 10.3. The Morgan fingerprint density at radius 2 is 1.87 bits per heavy atom. The summed E-state index contributed by atoms with van der Waals surface area (Å²) in [5.74, 6) is 3.12. The molecule has 2 aliphatic carbocycles. The van der Waals surface area contributed by atoms with Crippen molar-refractivity contribution in [2.75, 3.05) is 10.6 Å². The largest absolute Gasteiger partial charge is 0.326 e. The van der Waals surface area contributed by atoms with Crippen LogP contribution in [0.5, 0.6) is 0 Å². The Morgan fingerprint density at radius 3 is 2.57 bits per heavy atom. The monoisotopic (exact) mass is 421 g/mol. The van der Waals surface area contributed by atoms with E-state index in [9.17, 15) is 4.79 Å². The van der Waals surface area contributed by atoms with Crippen LogP contribution < -0.4 is 10.6 Å². The van der Waals surface area contributed by atoms with E-state index in [0.29, 0.717) is 29.4 Å². The summed E-state index contributed by atoms with van der Waals surface area (Å²) in [6.45, 7) is 1.83. The van der Waals surface area contributed by atoms with Gasteiger partial charge in [-0.25, -0.2) is 4.98 Å². The molecule has 0 spiro atoms. The zero-order valence-electron chi connectivity index (χ0n) is 16.7. The normalized spacial score (nSPS) is 15.8. The maximum Gasteiger partial charge on any atom is 0.232 e. The lowest BCUT2D eigenvalue weighted by molar-refractivity contribution is -0.115. The van der Waals surface area contributed by atoms with Gasteiger partial charge in [-0.15, -0.1) is 0 Å². The average Bonchev–Trinajstić information content (AvgIpc) is 3.68. The molecule has 30 heavy (non-hydrogen) atoms. The van der Waals surface area contributed by atoms with Gasteiger partial charge < -0.3 is 10.6 Å². The lowest BCUT2D eigenvalue weighted by atomic mass is 10.3. The van der Waals surface area contributed by atoms with Gasteiger partial charge in [-0.2, -0.15) is 15.1 Å². The number of aromatic nitrogens is 5. The third kappa shape index (κ3) is 4.62. The zero-order valence-corrected chi connectivity index (χ0v) is 17.5. The number of hydrogen-bond acceptors (Lipinski definition) is 7. The van der Waals surface area contributed by atoms with Gasteiger partial charge in [-0.3, -0.25) is 9.89 Å². The first kappa shape index (κ1) is 19.0. The van der Waals surface area contributed by atoms with Crippen molar-refractivity contribution in [3.05, 3.63) is 41.9 Å². The summed E-state index contributed by atoms with van der Waals surface area (Å²) in [7, 11) is 0. The highest BCUT2D eigenvalue weighted by Crippen LogP contribution is 2.40. The Hall–Kier alpha value is -2.94. The molecular formula is C21H23N7OS. The predicted octanol–water partition coefficient (Wildman–Crippen LogP) is 4.59. The predicted molar refractivity (Wildman–Crippen MR) is 115 cm³/mol. The van der Waals surface area contributed by atoms with E-state index in [4.69, 9.17) is 0 Å². The van der Waals surface area contributed by atoms with Crippen LogP contribution >= 0.6 is 11.8 Å². The standard InChI is InChI=1S/C21H23N7OS/c1-2-18(29)22-14-7-9-15(10-8-14)30-21-25-19(13-5-6-13)24-20(26-21)23-17-11-16(27-28-17)12-3-4-12/h7-13H,2-6H2,1H3,(H,22,29)(H2,23,24,25,26,27,28). The molecule has 1 amide bonds. The van der Waals surface area contributed by atoms with Crippen LogP contribution in [-0.4, -0.2) is 31.1 Å². The molecule has 3 aromatic rings. The van der Waals surface area contributed by atoms with Gasteiger partial charge in [0.25, 0.3) is 0 Å². The second-order valence-corrected chi connectivity index (χ2v) is 8.75. The van der Waals surface area contributed by atoms with E-state index in [2.05, 4.69) is 35.8 Å². The number of amides is 1. The van der Waals surface area contributed by atoms with Crippen molar-refractivity contribution in [2.45, 2.75) is 60.9 Å². The minimum absolute atomic E-state index is 0.000806. The topological polar surface area (TPSA) is 108 Å². The van der Waals surface area contributed by atoms with E-state index in [1.165, 1.54) is 30.3 Å². The quantitative estimate of drug-likeness (QED) is 0.488. The lowest BCUT2D eigenvalue weighted by Crippen LogP contribution is -2.09. The van der Waals surface area contributed by atoms with Crippen LogP contribution in [0.2, 0.25) is 0 Å².